The van der Waals surface area contributed by atoms with Gasteiger partial charge in [-0.25, -0.2) is 9.78 Å². The minimum Gasteiger partial charge on any atom is -0.449 e. The summed E-state index contributed by atoms with van der Waals surface area (Å²) in [7, 11) is 0. The summed E-state index contributed by atoms with van der Waals surface area (Å²) < 4.78 is 5.91. The SMILES string of the molecule is C[C@H](OC(=O)c1c2c(nc3ccccc13)/C(=C/c1cccs1)CCC2)C(=O)N1CCCc2ccccc21. The van der Waals surface area contributed by atoms with Crippen molar-refractivity contribution in [2.45, 2.75) is 45.1 Å². The Morgan fingerprint density at radius 2 is 1.84 bits per heavy atom. The number of nitrogens with zero attached hydrogens (tertiary/aromatic N) is 2. The zero-order valence-electron chi connectivity index (χ0n) is 20.8. The summed E-state index contributed by atoms with van der Waals surface area (Å²) in [5.41, 5.74) is 6.29. The van der Waals surface area contributed by atoms with Gasteiger partial charge in [0.15, 0.2) is 6.10 Å². The summed E-state index contributed by atoms with van der Waals surface area (Å²) in [5, 5.41) is 2.83. The molecule has 2 aliphatic rings. The minimum absolute atomic E-state index is 0.189. The quantitative estimate of drug-likeness (QED) is 0.288. The first-order valence-electron chi connectivity index (χ1n) is 12.9. The van der Waals surface area contributed by atoms with Gasteiger partial charge in [0, 0.05) is 22.5 Å². The van der Waals surface area contributed by atoms with E-state index in [-0.39, 0.29) is 5.91 Å². The first kappa shape index (κ1) is 23.6. The van der Waals surface area contributed by atoms with Gasteiger partial charge in [0.2, 0.25) is 0 Å². The second kappa shape index (κ2) is 9.94. The van der Waals surface area contributed by atoms with Crippen LogP contribution >= 0.6 is 11.3 Å². The van der Waals surface area contributed by atoms with E-state index in [1.165, 1.54) is 4.88 Å². The average molecular weight is 509 g/mol. The Kier molecular flexibility index (Phi) is 6.35. The van der Waals surface area contributed by atoms with Gasteiger partial charge in [-0.15, -0.1) is 11.3 Å². The Labute approximate surface area is 220 Å². The van der Waals surface area contributed by atoms with Crippen LogP contribution in [0.1, 0.15) is 58.2 Å². The highest BCUT2D eigenvalue weighted by Gasteiger charge is 2.31. The molecule has 4 aromatic rings. The van der Waals surface area contributed by atoms with E-state index in [1.54, 1.807) is 23.2 Å². The molecule has 0 unspecified atom stereocenters. The number of esters is 1. The third-order valence-electron chi connectivity index (χ3n) is 7.24. The average Bonchev–Trinajstić information content (AvgIpc) is 3.44. The number of ether oxygens (including phenoxy) is 1. The largest absolute Gasteiger partial charge is 0.449 e. The fourth-order valence-corrected chi connectivity index (χ4v) is 6.19. The number of benzene rings is 2. The molecule has 6 heteroatoms. The zero-order valence-corrected chi connectivity index (χ0v) is 21.6. The number of anilines is 1. The first-order chi connectivity index (χ1) is 18.1. The molecule has 1 atom stereocenters. The molecule has 0 fully saturated rings. The van der Waals surface area contributed by atoms with E-state index in [9.17, 15) is 9.59 Å². The van der Waals surface area contributed by atoms with Crippen molar-refractivity contribution in [3.8, 4) is 0 Å². The van der Waals surface area contributed by atoms with Crippen molar-refractivity contribution in [2.24, 2.45) is 0 Å². The van der Waals surface area contributed by atoms with Crippen molar-refractivity contribution in [3.63, 3.8) is 0 Å². The molecule has 37 heavy (non-hydrogen) atoms. The van der Waals surface area contributed by atoms with E-state index in [1.807, 2.05) is 48.5 Å². The molecule has 0 saturated carbocycles. The van der Waals surface area contributed by atoms with Crippen LogP contribution in [0.2, 0.25) is 0 Å². The smallest absolute Gasteiger partial charge is 0.339 e. The standard InChI is InChI=1S/C31H28N2O3S/c1-20(30(34)33-17-7-11-21-9-2-5-16-27(21)33)36-31(35)28-24-13-3-4-15-26(24)32-29-22(10-6-14-25(28)29)19-23-12-8-18-37-23/h2-5,8-9,12-13,15-16,18-20H,6-7,10-11,14,17H2,1H3/b22-19+/t20-/m0/s1. The van der Waals surface area contributed by atoms with Crippen molar-refractivity contribution in [1.82, 2.24) is 4.98 Å². The summed E-state index contributed by atoms with van der Waals surface area (Å²) in [5.74, 6) is -0.649. The first-order valence-corrected chi connectivity index (χ1v) is 13.7. The van der Waals surface area contributed by atoms with E-state index >= 15 is 0 Å². The van der Waals surface area contributed by atoms with E-state index in [2.05, 4.69) is 23.6 Å². The maximum Gasteiger partial charge on any atom is 0.339 e. The number of aryl methyl sites for hydroxylation is 1. The van der Waals surface area contributed by atoms with Crippen LogP contribution in [0.5, 0.6) is 0 Å². The van der Waals surface area contributed by atoms with Crippen molar-refractivity contribution in [3.05, 3.63) is 93.3 Å². The number of aromatic nitrogens is 1. The lowest BCUT2D eigenvalue weighted by Crippen LogP contribution is -2.42. The van der Waals surface area contributed by atoms with Gasteiger partial charge in [0.05, 0.1) is 16.8 Å². The fourth-order valence-electron chi connectivity index (χ4n) is 5.51. The van der Waals surface area contributed by atoms with Crippen LogP contribution in [-0.2, 0) is 22.4 Å². The third-order valence-corrected chi connectivity index (χ3v) is 8.06. The maximum absolute atomic E-state index is 13.8. The number of fused-ring (bicyclic) bond motifs is 3. The van der Waals surface area contributed by atoms with Gasteiger partial charge in [-0.3, -0.25) is 4.79 Å². The minimum atomic E-state index is -0.897. The fraction of sp³-hybridized carbons (Fsp3) is 0.258. The lowest BCUT2D eigenvalue weighted by atomic mass is 9.86. The highest BCUT2D eigenvalue weighted by Crippen LogP contribution is 2.37. The second-order valence-electron chi connectivity index (χ2n) is 9.64. The molecule has 0 bridgehead atoms. The summed E-state index contributed by atoms with van der Waals surface area (Å²) in [6.07, 6.45) is 5.72. The predicted molar refractivity (Wildman–Crippen MR) is 149 cm³/mol. The molecule has 1 aliphatic carbocycles. The molecule has 1 aliphatic heterocycles. The molecule has 3 heterocycles. The number of para-hydroxylation sites is 2. The second-order valence-corrected chi connectivity index (χ2v) is 10.6. The van der Waals surface area contributed by atoms with Crippen LogP contribution in [0.25, 0.3) is 22.6 Å². The van der Waals surface area contributed by atoms with Crippen LogP contribution in [-0.4, -0.2) is 29.5 Å². The van der Waals surface area contributed by atoms with Gasteiger partial charge in [-0.05, 0) is 85.4 Å². The maximum atomic E-state index is 13.8. The molecule has 1 amide bonds. The van der Waals surface area contributed by atoms with Crippen LogP contribution in [0.4, 0.5) is 5.69 Å². The normalized spacial score (nSPS) is 16.8. The molecule has 6 rings (SSSR count). The summed E-state index contributed by atoms with van der Waals surface area (Å²) in [6.45, 7) is 2.30. The molecule has 2 aromatic carbocycles. The molecule has 186 valence electrons. The van der Waals surface area contributed by atoms with E-state index < -0.39 is 12.1 Å². The molecule has 0 spiro atoms. The zero-order chi connectivity index (χ0) is 25.4. The van der Waals surface area contributed by atoms with Gasteiger partial charge in [0.25, 0.3) is 5.91 Å². The van der Waals surface area contributed by atoms with Crippen LogP contribution in [0.15, 0.2) is 66.0 Å². The number of hydrogen-bond acceptors (Lipinski definition) is 5. The summed E-state index contributed by atoms with van der Waals surface area (Å²) in [4.78, 5) is 35.1. The van der Waals surface area contributed by atoms with Crippen LogP contribution in [0.3, 0.4) is 0 Å². The topological polar surface area (TPSA) is 59.5 Å². The predicted octanol–water partition coefficient (Wildman–Crippen LogP) is 6.70. The summed E-state index contributed by atoms with van der Waals surface area (Å²) >= 11 is 1.69. The lowest BCUT2D eigenvalue weighted by Gasteiger charge is -2.31. The number of hydrogen-bond donors (Lipinski definition) is 0. The number of carbonyl (C=O) groups is 2. The van der Waals surface area contributed by atoms with Crippen LogP contribution < -0.4 is 4.90 Å². The van der Waals surface area contributed by atoms with Gasteiger partial charge in [-0.1, -0.05) is 42.5 Å². The number of pyridine rings is 1. The molecule has 0 saturated heterocycles. The van der Waals surface area contributed by atoms with Crippen molar-refractivity contribution in [1.29, 1.82) is 0 Å². The van der Waals surface area contributed by atoms with Gasteiger partial charge in [-0.2, -0.15) is 0 Å². The van der Waals surface area contributed by atoms with E-state index in [0.717, 1.165) is 71.1 Å². The Morgan fingerprint density at radius 1 is 1.00 bits per heavy atom. The molecule has 5 nitrogen and oxygen atoms in total. The van der Waals surface area contributed by atoms with Crippen molar-refractivity contribution in [2.75, 3.05) is 11.4 Å². The van der Waals surface area contributed by atoms with Crippen LogP contribution in [0, 0.1) is 0 Å². The van der Waals surface area contributed by atoms with E-state index in [0.29, 0.717) is 12.1 Å². The van der Waals surface area contributed by atoms with Gasteiger partial charge >= 0.3 is 5.97 Å². The number of amides is 1. The van der Waals surface area contributed by atoms with Crippen molar-refractivity contribution >= 4 is 51.5 Å². The number of rotatable bonds is 4. The third kappa shape index (κ3) is 4.46. The molecular weight excluding hydrogens is 480 g/mol. The van der Waals surface area contributed by atoms with Gasteiger partial charge in [0.1, 0.15) is 0 Å². The number of thiophene rings is 1. The molecule has 0 N–H and O–H groups in total. The Bertz CT molecular complexity index is 1520. The van der Waals surface area contributed by atoms with Gasteiger partial charge < -0.3 is 9.64 Å². The number of carbonyl (C=O) groups excluding carboxylic acids is 2. The highest BCUT2D eigenvalue weighted by atomic mass is 32.1. The lowest BCUT2D eigenvalue weighted by molar-refractivity contribution is -0.126. The Balaban J connectivity index is 1.35. The number of allylic oxidation sites excluding steroid dienone is 1. The van der Waals surface area contributed by atoms with Crippen molar-refractivity contribution < 1.29 is 14.3 Å². The molecular formula is C31H28N2O3S. The highest BCUT2D eigenvalue weighted by molar-refractivity contribution is 7.10. The molecule has 0 radical (unpaired) electrons. The Morgan fingerprint density at radius 3 is 2.70 bits per heavy atom. The molecule has 2 aromatic heterocycles. The van der Waals surface area contributed by atoms with E-state index in [4.69, 9.17) is 9.72 Å². The monoisotopic (exact) mass is 508 g/mol. The Hall–Kier alpha value is -3.77. The summed E-state index contributed by atoms with van der Waals surface area (Å²) in [6, 6.07) is 19.8.